The molecule has 1 fully saturated rings. The lowest BCUT2D eigenvalue weighted by molar-refractivity contribution is -0.890. The van der Waals surface area contributed by atoms with Crippen LogP contribution in [-0.4, -0.2) is 54.2 Å². The van der Waals surface area contributed by atoms with E-state index >= 15 is 0 Å². The van der Waals surface area contributed by atoms with E-state index < -0.39 is 18.3 Å². The number of hydrogen-bond acceptors (Lipinski definition) is 8. The molecular weight excluding hydrogens is 518 g/mol. The second-order valence-electron chi connectivity index (χ2n) is 8.41. The van der Waals surface area contributed by atoms with Crippen LogP contribution in [-0.2, 0) is 11.3 Å². The molecule has 37 heavy (non-hydrogen) atoms. The zero-order valence-electron chi connectivity index (χ0n) is 20.0. The second-order valence-corrected chi connectivity index (χ2v) is 9.45. The van der Waals surface area contributed by atoms with Crippen molar-refractivity contribution in [3.63, 3.8) is 0 Å². The van der Waals surface area contributed by atoms with E-state index in [-0.39, 0.29) is 48.5 Å². The van der Waals surface area contributed by atoms with Gasteiger partial charge in [0.05, 0.1) is 22.8 Å². The van der Waals surface area contributed by atoms with Gasteiger partial charge in [-0.2, -0.15) is 0 Å². The second kappa shape index (κ2) is 10.6. The lowest BCUT2D eigenvalue weighted by Gasteiger charge is -2.34. The first kappa shape index (κ1) is 26.8. The normalized spacial score (nSPS) is 18.6. The summed E-state index contributed by atoms with van der Waals surface area (Å²) in [6, 6.07) is 7.83. The number of carbonyl (C=O) groups is 1. The molecule has 4 heterocycles. The number of ether oxygens (including phenoxy) is 2. The largest absolute Gasteiger partial charge is 0.586 e. The maximum atomic E-state index is 13.3. The van der Waals surface area contributed by atoms with Crippen LogP contribution in [0.25, 0.3) is 10.2 Å². The van der Waals surface area contributed by atoms with Crippen molar-refractivity contribution in [2.75, 3.05) is 25.5 Å². The molecule has 14 heteroatoms. The molecule has 0 radical (unpaired) electrons. The summed E-state index contributed by atoms with van der Waals surface area (Å²) in [7, 11) is 1.61. The quantitative estimate of drug-likeness (QED) is 0.376. The Bertz CT molecular complexity index is 1200. The minimum Gasteiger partial charge on any atom is -0.395 e. The number of anilines is 1. The van der Waals surface area contributed by atoms with Crippen molar-refractivity contribution >= 4 is 32.6 Å². The fourth-order valence-corrected chi connectivity index (χ4v) is 4.72. The van der Waals surface area contributed by atoms with Gasteiger partial charge in [0, 0.05) is 54.9 Å². The van der Waals surface area contributed by atoms with Gasteiger partial charge in [-0.1, -0.05) is 11.3 Å². The fraction of sp³-hybridized carbons (Fsp3) is 0.435. The maximum Gasteiger partial charge on any atom is 0.586 e. The van der Waals surface area contributed by atoms with Crippen molar-refractivity contribution in [1.82, 2.24) is 9.88 Å². The number of nitrogens with zero attached hydrogens (tertiary/aromatic N) is 3. The molecule has 2 aliphatic rings. The number of hydrogen-bond donors (Lipinski definition) is 2. The van der Waals surface area contributed by atoms with Gasteiger partial charge < -0.3 is 20.5 Å². The summed E-state index contributed by atoms with van der Waals surface area (Å²) in [5.41, 5.74) is 6.76. The van der Waals surface area contributed by atoms with Crippen LogP contribution in [0, 0.1) is 0 Å². The third kappa shape index (κ3) is 6.37. The summed E-state index contributed by atoms with van der Waals surface area (Å²) >= 11 is 1.09. The zero-order valence-corrected chi connectivity index (χ0v) is 20.9. The first-order chi connectivity index (χ1) is 17.5. The molecule has 3 aromatic rings. The van der Waals surface area contributed by atoms with Crippen LogP contribution in [0.3, 0.4) is 0 Å². The first-order valence-electron chi connectivity index (χ1n) is 11.4. The molecule has 0 bridgehead atoms. The number of thiazole rings is 1. The van der Waals surface area contributed by atoms with Crippen molar-refractivity contribution in [1.29, 1.82) is 0 Å². The van der Waals surface area contributed by atoms with Gasteiger partial charge in [-0.3, -0.25) is 14.5 Å². The van der Waals surface area contributed by atoms with Crippen LogP contribution < -0.4 is 30.1 Å². The predicted octanol–water partition coefficient (Wildman–Crippen LogP) is 3.17. The summed E-state index contributed by atoms with van der Waals surface area (Å²) in [6.45, 7) is 2.41. The van der Waals surface area contributed by atoms with Crippen molar-refractivity contribution in [3.8, 4) is 11.5 Å². The number of nitrogens with two attached hydrogens (primary N) is 1. The Morgan fingerprint density at radius 1 is 1.24 bits per heavy atom. The molecule has 1 atom stereocenters. The van der Waals surface area contributed by atoms with Crippen LogP contribution >= 0.6 is 11.3 Å². The summed E-state index contributed by atoms with van der Waals surface area (Å²) in [5, 5.41) is 2.93. The summed E-state index contributed by atoms with van der Waals surface area (Å²) in [4.78, 5) is 23.3. The van der Waals surface area contributed by atoms with Crippen molar-refractivity contribution in [2.45, 2.75) is 44.6 Å². The average Bonchev–Trinajstić information content (AvgIpc) is 3.38. The van der Waals surface area contributed by atoms with Gasteiger partial charge in [-0.25, -0.2) is 13.8 Å². The number of halogens is 4. The number of fused-ring (bicyclic) bond motifs is 2. The lowest BCUT2D eigenvalue weighted by Crippen LogP contribution is -2.48. The van der Waals surface area contributed by atoms with Gasteiger partial charge in [-0.05, 0) is 13.0 Å². The third-order valence-electron chi connectivity index (χ3n) is 5.91. The van der Waals surface area contributed by atoms with Gasteiger partial charge in [0.15, 0.2) is 16.6 Å². The predicted molar refractivity (Wildman–Crippen MR) is 127 cm³/mol. The topological polar surface area (TPSA) is 103 Å². The van der Waals surface area contributed by atoms with E-state index in [1.165, 1.54) is 12.1 Å². The molecule has 9 nitrogen and oxygen atoms in total. The number of carbonyl (C=O) groups excluding carboxylic acids is 1. The lowest BCUT2D eigenvalue weighted by atomic mass is 10.1. The molecule has 200 valence electrons. The standard InChI is InChI=1S/C16H15F4N3O3S.C7H11N2O/c1-8(23-4-2-15(17,18)3-5-23)13(24)22-14-21-9-6-10-11(7-12(9)27-14)26-16(19,20)25-10;1-10-9-5-3-2-4-7(9)6-8/h6-8H,2-5H2,1H3,(H,21,22,24);2-5H,6,8H2,1H3/q;+1. The Hall–Kier alpha value is -3.23. The van der Waals surface area contributed by atoms with Crippen molar-refractivity contribution in [2.24, 2.45) is 5.73 Å². The van der Waals surface area contributed by atoms with Crippen LogP contribution in [0.15, 0.2) is 36.5 Å². The van der Waals surface area contributed by atoms with Crippen molar-refractivity contribution in [3.05, 3.63) is 42.2 Å². The Labute approximate surface area is 213 Å². The number of alkyl halides is 4. The highest BCUT2D eigenvalue weighted by Gasteiger charge is 2.44. The smallest absolute Gasteiger partial charge is 0.395 e. The molecule has 3 N–H and O–H groups in total. The molecule has 0 saturated carbocycles. The highest BCUT2D eigenvalue weighted by molar-refractivity contribution is 7.22. The van der Waals surface area contributed by atoms with Gasteiger partial charge in [0.25, 0.3) is 5.92 Å². The molecule has 0 spiro atoms. The van der Waals surface area contributed by atoms with E-state index in [2.05, 4.69) is 19.8 Å². The molecule has 1 unspecified atom stereocenters. The highest BCUT2D eigenvalue weighted by Crippen LogP contribution is 2.44. The van der Waals surface area contributed by atoms with E-state index in [0.717, 1.165) is 17.0 Å². The van der Waals surface area contributed by atoms with Crippen LogP contribution in [0.2, 0.25) is 0 Å². The molecule has 1 saturated heterocycles. The number of pyridine rings is 1. The highest BCUT2D eigenvalue weighted by atomic mass is 32.1. The third-order valence-corrected chi connectivity index (χ3v) is 6.84. The van der Waals surface area contributed by atoms with E-state index in [0.29, 0.717) is 16.8 Å². The fourth-order valence-electron chi connectivity index (χ4n) is 3.84. The van der Waals surface area contributed by atoms with E-state index in [1.807, 2.05) is 24.4 Å². The SMILES string of the molecule is CC(C(=O)Nc1nc2cc3c(cc2s1)OC(F)(F)O3)N1CCC(F)(F)CC1.CO[n+]1ccccc1CN. The van der Waals surface area contributed by atoms with Gasteiger partial charge in [0.2, 0.25) is 17.8 Å². The molecule has 5 rings (SSSR count). The number of likely N-dealkylation sites (tertiary alicyclic amines) is 1. The molecule has 1 amide bonds. The summed E-state index contributed by atoms with van der Waals surface area (Å²) in [6.07, 6.45) is -2.43. The zero-order chi connectivity index (χ0) is 26.8. The average molecular weight is 545 g/mol. The minimum absolute atomic E-state index is 0.100. The number of benzene rings is 1. The van der Waals surface area contributed by atoms with Crippen LogP contribution in [0.5, 0.6) is 11.5 Å². The number of piperidine rings is 1. The Morgan fingerprint density at radius 3 is 2.54 bits per heavy atom. The Morgan fingerprint density at radius 2 is 1.92 bits per heavy atom. The molecule has 1 aromatic carbocycles. The molecule has 0 aliphatic carbocycles. The number of aromatic nitrogens is 2. The Balaban J connectivity index is 0.000000270. The summed E-state index contributed by atoms with van der Waals surface area (Å²) < 4.78 is 63.6. The van der Waals surface area contributed by atoms with Gasteiger partial charge in [-0.15, -0.1) is 8.78 Å². The Kier molecular flexibility index (Phi) is 7.71. The van der Waals surface area contributed by atoms with E-state index in [1.54, 1.807) is 23.7 Å². The molecular formula is C23H26F4N5O4S+. The maximum absolute atomic E-state index is 13.3. The summed E-state index contributed by atoms with van der Waals surface area (Å²) in [5.74, 6) is -3.28. The minimum atomic E-state index is -3.70. The van der Waals surface area contributed by atoms with E-state index in [4.69, 9.17) is 10.6 Å². The van der Waals surface area contributed by atoms with Gasteiger partial charge in [0.1, 0.15) is 7.11 Å². The first-order valence-corrected chi connectivity index (χ1v) is 12.2. The number of nitrogens with one attached hydrogen (secondary N) is 1. The van der Waals surface area contributed by atoms with E-state index in [9.17, 15) is 22.4 Å². The monoisotopic (exact) mass is 544 g/mol. The number of rotatable bonds is 5. The van der Waals surface area contributed by atoms with Crippen LogP contribution in [0.1, 0.15) is 25.5 Å². The van der Waals surface area contributed by atoms with Gasteiger partial charge >= 0.3 is 6.29 Å². The molecule has 2 aliphatic heterocycles. The number of amides is 1. The van der Waals surface area contributed by atoms with Crippen LogP contribution in [0.4, 0.5) is 22.7 Å². The van der Waals surface area contributed by atoms with Crippen molar-refractivity contribution < 1.29 is 41.4 Å². The molecule has 2 aromatic heterocycles.